The van der Waals surface area contributed by atoms with Gasteiger partial charge in [-0.25, -0.2) is 0 Å². The van der Waals surface area contributed by atoms with Crippen molar-refractivity contribution < 1.29 is 25.2 Å². The number of allylic oxidation sites excluding steroid dienone is 3. The number of nitrogens with zero attached hydrogens (tertiary/aromatic N) is 2. The third-order valence-electron chi connectivity index (χ3n) is 8.08. The summed E-state index contributed by atoms with van der Waals surface area (Å²) in [7, 11) is 1.02. The summed E-state index contributed by atoms with van der Waals surface area (Å²) in [5.41, 5.74) is 8.24. The maximum Gasteiger partial charge on any atom is 0.488 e. The summed E-state index contributed by atoms with van der Waals surface area (Å²) >= 11 is 0. The van der Waals surface area contributed by atoms with Gasteiger partial charge in [0.1, 0.15) is 0 Å². The lowest BCUT2D eigenvalue weighted by Gasteiger charge is -2.29. The van der Waals surface area contributed by atoms with Crippen molar-refractivity contribution in [3.8, 4) is 0 Å². The van der Waals surface area contributed by atoms with Crippen LogP contribution in [0.2, 0.25) is 0 Å². The van der Waals surface area contributed by atoms with Gasteiger partial charge in [0.15, 0.2) is 0 Å². The van der Waals surface area contributed by atoms with Gasteiger partial charge in [-0.2, -0.15) is 0 Å². The fourth-order valence-corrected chi connectivity index (χ4v) is 5.81. The van der Waals surface area contributed by atoms with E-state index in [4.69, 9.17) is 0 Å². The smallest absolute Gasteiger partial charge is 0.423 e. The standard InChI is InChI=1S/C34H42B2N2O5/c1-25-10-4-7-13-30(25)32(23-38(3)22-29-12-6-9-15-34(29)36(42)43)31-20-26(24-39)16-17-27(31)18-19-37(2)21-28-11-5-8-14-33(28)35(40)41/h4-17,20,27,39-43H,18-19,21-24H2,1-3H3/b32-31-. The quantitative estimate of drug-likeness (QED) is 0.197. The molecule has 0 saturated heterocycles. The molecule has 0 heterocycles. The van der Waals surface area contributed by atoms with Crippen LogP contribution in [0.5, 0.6) is 0 Å². The monoisotopic (exact) mass is 580 g/mol. The number of aryl methyl sites for hydroxylation is 1. The van der Waals surface area contributed by atoms with Crippen LogP contribution in [0, 0.1) is 12.8 Å². The molecule has 0 bridgehead atoms. The topological polar surface area (TPSA) is 108 Å². The Labute approximate surface area is 256 Å². The third kappa shape index (κ3) is 8.65. The molecule has 224 valence electrons. The van der Waals surface area contributed by atoms with Gasteiger partial charge in [0.2, 0.25) is 0 Å². The highest BCUT2D eigenvalue weighted by atomic mass is 16.4. The molecule has 0 amide bonds. The van der Waals surface area contributed by atoms with Gasteiger partial charge in [0.05, 0.1) is 6.61 Å². The SMILES string of the molecule is Cc1ccccc1/C(CN(C)Cc1ccccc1B(O)O)=C1/C=C(CO)C=CC1CCN(C)Cc1ccccc1B(O)O. The fraction of sp³-hybridized carbons (Fsp3) is 0.294. The van der Waals surface area contributed by atoms with Crippen LogP contribution in [-0.2, 0) is 13.1 Å². The first-order valence-corrected chi connectivity index (χ1v) is 14.7. The van der Waals surface area contributed by atoms with Crippen molar-refractivity contribution in [2.45, 2.75) is 26.4 Å². The Kier molecular flexibility index (Phi) is 11.7. The molecular formula is C34H42B2N2O5. The lowest BCUT2D eigenvalue weighted by Crippen LogP contribution is -2.35. The summed E-state index contributed by atoms with van der Waals surface area (Å²) in [6.45, 7) is 4.57. The van der Waals surface area contributed by atoms with Crippen LogP contribution in [0.1, 0.15) is 28.7 Å². The van der Waals surface area contributed by atoms with Crippen LogP contribution in [-0.4, -0.2) is 83.0 Å². The van der Waals surface area contributed by atoms with E-state index in [1.54, 1.807) is 18.2 Å². The number of aliphatic hydroxyl groups excluding tert-OH is 1. The molecule has 9 heteroatoms. The number of likely N-dealkylation sites (N-methyl/N-ethyl adjacent to an activating group) is 1. The molecular weight excluding hydrogens is 538 g/mol. The minimum absolute atomic E-state index is 0.0501. The van der Waals surface area contributed by atoms with Crippen LogP contribution in [0.25, 0.3) is 5.57 Å². The predicted molar refractivity (Wildman–Crippen MR) is 176 cm³/mol. The van der Waals surface area contributed by atoms with E-state index in [9.17, 15) is 25.2 Å². The van der Waals surface area contributed by atoms with Gasteiger partial charge in [-0.05, 0) is 83.9 Å². The molecule has 0 saturated carbocycles. The van der Waals surface area contributed by atoms with Gasteiger partial charge in [-0.3, -0.25) is 4.90 Å². The van der Waals surface area contributed by atoms with Gasteiger partial charge in [-0.1, -0.05) is 91.0 Å². The molecule has 43 heavy (non-hydrogen) atoms. The second-order valence-electron chi connectivity index (χ2n) is 11.4. The number of hydrogen-bond acceptors (Lipinski definition) is 7. The molecule has 1 aliphatic rings. The fourth-order valence-electron chi connectivity index (χ4n) is 5.81. The molecule has 0 aliphatic heterocycles. The van der Waals surface area contributed by atoms with E-state index < -0.39 is 14.2 Å². The number of benzene rings is 3. The van der Waals surface area contributed by atoms with Gasteiger partial charge < -0.3 is 30.1 Å². The summed E-state index contributed by atoms with van der Waals surface area (Å²) in [4.78, 5) is 4.37. The average Bonchev–Trinajstić information content (AvgIpc) is 2.99. The molecule has 4 rings (SSSR count). The van der Waals surface area contributed by atoms with Crippen molar-refractivity contribution in [1.82, 2.24) is 9.80 Å². The van der Waals surface area contributed by atoms with E-state index in [1.807, 2.05) is 62.6 Å². The lowest BCUT2D eigenvalue weighted by molar-refractivity contribution is 0.311. The highest BCUT2D eigenvalue weighted by molar-refractivity contribution is 6.59. The molecule has 7 nitrogen and oxygen atoms in total. The van der Waals surface area contributed by atoms with Crippen LogP contribution < -0.4 is 10.9 Å². The second-order valence-corrected chi connectivity index (χ2v) is 11.4. The van der Waals surface area contributed by atoms with Gasteiger partial charge >= 0.3 is 14.2 Å². The molecule has 1 aliphatic carbocycles. The van der Waals surface area contributed by atoms with E-state index in [0.29, 0.717) is 30.6 Å². The Morgan fingerprint density at radius 3 is 1.91 bits per heavy atom. The average molecular weight is 580 g/mol. The Morgan fingerprint density at radius 1 is 0.767 bits per heavy atom. The molecule has 0 fully saturated rings. The summed E-state index contributed by atoms with van der Waals surface area (Å²) in [6, 6.07) is 23.1. The Bertz CT molecular complexity index is 1470. The first-order chi connectivity index (χ1) is 20.7. The van der Waals surface area contributed by atoms with Crippen molar-refractivity contribution in [3.05, 3.63) is 124 Å². The minimum atomic E-state index is -1.54. The molecule has 0 spiro atoms. The van der Waals surface area contributed by atoms with Crippen molar-refractivity contribution in [1.29, 1.82) is 0 Å². The normalized spacial score (nSPS) is 16.0. The van der Waals surface area contributed by atoms with Crippen molar-refractivity contribution in [3.63, 3.8) is 0 Å². The molecule has 3 aromatic rings. The van der Waals surface area contributed by atoms with E-state index in [0.717, 1.165) is 46.4 Å². The van der Waals surface area contributed by atoms with E-state index in [1.165, 1.54) is 5.57 Å². The first-order valence-electron chi connectivity index (χ1n) is 14.7. The van der Waals surface area contributed by atoms with E-state index >= 15 is 0 Å². The molecule has 5 N–H and O–H groups in total. The lowest BCUT2D eigenvalue weighted by atomic mass is 9.77. The summed E-state index contributed by atoms with van der Waals surface area (Å²) < 4.78 is 0. The highest BCUT2D eigenvalue weighted by Gasteiger charge is 2.23. The van der Waals surface area contributed by atoms with Crippen molar-refractivity contribution in [2.24, 2.45) is 5.92 Å². The maximum atomic E-state index is 10.1. The zero-order valence-electron chi connectivity index (χ0n) is 25.3. The summed E-state index contributed by atoms with van der Waals surface area (Å²) in [6.07, 6.45) is 7.13. The number of hydrogen-bond donors (Lipinski definition) is 5. The van der Waals surface area contributed by atoms with Gasteiger partial charge in [-0.15, -0.1) is 0 Å². The Balaban J connectivity index is 1.64. The van der Waals surface area contributed by atoms with Crippen molar-refractivity contribution >= 4 is 30.7 Å². The van der Waals surface area contributed by atoms with Crippen LogP contribution in [0.3, 0.4) is 0 Å². The zero-order valence-corrected chi connectivity index (χ0v) is 25.3. The van der Waals surface area contributed by atoms with Gasteiger partial charge in [0.25, 0.3) is 0 Å². The maximum absolute atomic E-state index is 10.1. The second kappa shape index (κ2) is 15.5. The van der Waals surface area contributed by atoms with Crippen LogP contribution in [0.15, 0.2) is 102 Å². The molecule has 3 aromatic carbocycles. The summed E-state index contributed by atoms with van der Waals surface area (Å²) in [5, 5.41) is 49.5. The molecule has 0 radical (unpaired) electrons. The van der Waals surface area contributed by atoms with Crippen molar-refractivity contribution in [2.75, 3.05) is 33.8 Å². The molecule has 1 atom stereocenters. The molecule has 0 aromatic heterocycles. The number of aliphatic hydroxyl groups is 1. The van der Waals surface area contributed by atoms with E-state index in [2.05, 4.69) is 41.0 Å². The molecule has 1 unspecified atom stereocenters. The largest absolute Gasteiger partial charge is 0.488 e. The third-order valence-corrected chi connectivity index (χ3v) is 8.08. The van der Waals surface area contributed by atoms with Gasteiger partial charge in [0, 0.05) is 25.6 Å². The predicted octanol–water partition coefficient (Wildman–Crippen LogP) is 1.87. The van der Waals surface area contributed by atoms with Crippen LogP contribution in [0.4, 0.5) is 0 Å². The Hall–Kier alpha value is -3.27. The first kappa shape index (κ1) is 32.6. The summed E-state index contributed by atoms with van der Waals surface area (Å²) in [5.74, 6) is 0.103. The highest BCUT2D eigenvalue weighted by Crippen LogP contribution is 2.34. The van der Waals surface area contributed by atoms with Crippen LogP contribution >= 0.6 is 0 Å². The van der Waals surface area contributed by atoms with E-state index in [-0.39, 0.29) is 12.5 Å². The Morgan fingerprint density at radius 2 is 1.33 bits per heavy atom. The number of rotatable bonds is 13. The minimum Gasteiger partial charge on any atom is -0.423 e. The zero-order chi connectivity index (χ0) is 30.9.